The maximum absolute atomic E-state index is 11.6. The second-order valence-corrected chi connectivity index (χ2v) is 3.65. The molecule has 1 saturated heterocycles. The lowest BCUT2D eigenvalue weighted by Gasteiger charge is -2.30. The van der Waals surface area contributed by atoms with Crippen LogP contribution in [-0.2, 0) is 11.2 Å². The highest BCUT2D eigenvalue weighted by molar-refractivity contribution is 5.79. The molecule has 0 spiro atoms. The molecule has 0 aliphatic carbocycles. The van der Waals surface area contributed by atoms with Crippen LogP contribution >= 0.6 is 0 Å². The normalized spacial score (nSPS) is 15.0. The molecule has 1 fully saturated rings. The van der Waals surface area contributed by atoms with Gasteiger partial charge in [-0.05, 0) is 24.1 Å². The van der Waals surface area contributed by atoms with Crippen molar-refractivity contribution in [2.75, 3.05) is 18.8 Å². The van der Waals surface area contributed by atoms with Gasteiger partial charge >= 0.3 is 0 Å². The van der Waals surface area contributed by atoms with Crippen LogP contribution in [0.3, 0.4) is 0 Å². The first-order valence-electron chi connectivity index (χ1n) is 4.88. The Morgan fingerprint density at radius 2 is 1.93 bits per heavy atom. The Balaban J connectivity index is 1.96. The average Bonchev–Trinajstić information content (AvgIpc) is 2.06. The van der Waals surface area contributed by atoms with Crippen LogP contribution in [0.25, 0.3) is 0 Å². The van der Waals surface area contributed by atoms with Crippen molar-refractivity contribution in [1.82, 2.24) is 4.90 Å². The summed E-state index contributed by atoms with van der Waals surface area (Å²) in [6.45, 7) is 1.85. The van der Waals surface area contributed by atoms with Crippen LogP contribution in [0.5, 0.6) is 0 Å². The maximum Gasteiger partial charge on any atom is 0.226 e. The number of benzene rings is 1. The van der Waals surface area contributed by atoms with Gasteiger partial charge in [-0.3, -0.25) is 4.79 Å². The number of rotatable bonds is 2. The first kappa shape index (κ1) is 9.06. The minimum Gasteiger partial charge on any atom is -0.399 e. The van der Waals surface area contributed by atoms with Gasteiger partial charge in [-0.15, -0.1) is 0 Å². The van der Waals surface area contributed by atoms with E-state index in [-0.39, 0.29) is 5.91 Å². The molecule has 0 aromatic heterocycles. The summed E-state index contributed by atoms with van der Waals surface area (Å²) in [6.07, 6.45) is 1.65. The van der Waals surface area contributed by atoms with Gasteiger partial charge in [0.25, 0.3) is 0 Å². The molecule has 1 aromatic rings. The molecule has 2 rings (SSSR count). The van der Waals surface area contributed by atoms with Gasteiger partial charge in [-0.25, -0.2) is 0 Å². The van der Waals surface area contributed by atoms with Crippen molar-refractivity contribution in [2.45, 2.75) is 12.8 Å². The van der Waals surface area contributed by atoms with E-state index in [1.54, 1.807) is 0 Å². The molecule has 14 heavy (non-hydrogen) atoms. The molecule has 74 valence electrons. The van der Waals surface area contributed by atoms with E-state index in [0.717, 1.165) is 30.8 Å². The van der Waals surface area contributed by atoms with E-state index >= 15 is 0 Å². The third-order valence-electron chi connectivity index (χ3n) is 2.54. The smallest absolute Gasteiger partial charge is 0.226 e. The molecule has 0 bridgehead atoms. The predicted molar refractivity (Wildman–Crippen MR) is 55.8 cm³/mol. The number of nitrogens with two attached hydrogens (primary N) is 1. The number of nitrogen functional groups attached to an aromatic ring is 1. The van der Waals surface area contributed by atoms with Gasteiger partial charge in [0.2, 0.25) is 5.91 Å². The van der Waals surface area contributed by atoms with E-state index in [4.69, 9.17) is 5.73 Å². The molecule has 1 aromatic carbocycles. The Bertz CT molecular complexity index is 328. The molecular weight excluding hydrogens is 176 g/mol. The molecule has 1 aliphatic rings. The minimum atomic E-state index is 0.223. The zero-order chi connectivity index (χ0) is 9.97. The van der Waals surface area contributed by atoms with E-state index in [2.05, 4.69) is 0 Å². The van der Waals surface area contributed by atoms with Crippen LogP contribution in [0.4, 0.5) is 5.69 Å². The van der Waals surface area contributed by atoms with Crippen LogP contribution < -0.4 is 5.73 Å². The number of hydrogen-bond acceptors (Lipinski definition) is 2. The molecule has 1 amide bonds. The fourth-order valence-corrected chi connectivity index (χ4v) is 1.49. The molecule has 0 unspecified atom stereocenters. The molecule has 0 saturated carbocycles. The van der Waals surface area contributed by atoms with Crippen LogP contribution in [0, 0.1) is 0 Å². The van der Waals surface area contributed by atoms with Gasteiger partial charge in [0, 0.05) is 18.8 Å². The second-order valence-electron chi connectivity index (χ2n) is 3.65. The Morgan fingerprint density at radius 1 is 1.29 bits per heavy atom. The summed E-state index contributed by atoms with van der Waals surface area (Å²) in [5.74, 6) is 0.223. The van der Waals surface area contributed by atoms with E-state index in [9.17, 15) is 4.79 Å². The van der Waals surface area contributed by atoms with Crippen LogP contribution in [0.2, 0.25) is 0 Å². The van der Waals surface area contributed by atoms with Crippen LogP contribution in [0.1, 0.15) is 12.0 Å². The van der Waals surface area contributed by atoms with Gasteiger partial charge < -0.3 is 10.6 Å². The highest BCUT2D eigenvalue weighted by Gasteiger charge is 2.19. The number of carbonyl (C=O) groups excluding carboxylic acids is 1. The number of hydrogen-bond donors (Lipinski definition) is 1. The van der Waals surface area contributed by atoms with E-state index in [0.29, 0.717) is 6.42 Å². The Hall–Kier alpha value is -1.51. The number of nitrogens with zero attached hydrogens (tertiary/aromatic N) is 1. The summed E-state index contributed by atoms with van der Waals surface area (Å²) in [6, 6.07) is 7.48. The van der Waals surface area contributed by atoms with Gasteiger partial charge in [-0.2, -0.15) is 0 Å². The van der Waals surface area contributed by atoms with Gasteiger partial charge in [0.15, 0.2) is 0 Å². The van der Waals surface area contributed by atoms with Crippen molar-refractivity contribution in [3.63, 3.8) is 0 Å². The number of anilines is 1. The molecule has 0 atom stereocenters. The molecule has 3 nitrogen and oxygen atoms in total. The van der Waals surface area contributed by atoms with E-state index < -0.39 is 0 Å². The largest absolute Gasteiger partial charge is 0.399 e. The second kappa shape index (κ2) is 3.70. The summed E-state index contributed by atoms with van der Waals surface area (Å²) in [7, 11) is 0. The van der Waals surface area contributed by atoms with Crippen molar-refractivity contribution in [2.24, 2.45) is 0 Å². The quantitative estimate of drug-likeness (QED) is 0.708. The Labute approximate surface area is 83.5 Å². The molecule has 0 radical (unpaired) electrons. The molecule has 3 heteroatoms. The number of amides is 1. The zero-order valence-electron chi connectivity index (χ0n) is 8.07. The third-order valence-corrected chi connectivity index (χ3v) is 2.54. The molecule has 2 N–H and O–H groups in total. The summed E-state index contributed by atoms with van der Waals surface area (Å²) >= 11 is 0. The van der Waals surface area contributed by atoms with Gasteiger partial charge in [0.05, 0.1) is 6.42 Å². The van der Waals surface area contributed by atoms with Gasteiger partial charge in [0.1, 0.15) is 0 Å². The third kappa shape index (κ3) is 1.87. The van der Waals surface area contributed by atoms with Crippen molar-refractivity contribution >= 4 is 11.6 Å². The zero-order valence-corrected chi connectivity index (χ0v) is 8.07. The lowest BCUT2D eigenvalue weighted by Crippen LogP contribution is -2.42. The van der Waals surface area contributed by atoms with Gasteiger partial charge in [-0.1, -0.05) is 12.1 Å². The lowest BCUT2D eigenvalue weighted by molar-refractivity contribution is -0.133. The molecule has 1 aliphatic heterocycles. The first-order valence-corrected chi connectivity index (χ1v) is 4.88. The SMILES string of the molecule is Nc1ccc(CC(=O)N2CCC2)cc1. The summed E-state index contributed by atoms with van der Waals surface area (Å²) in [5.41, 5.74) is 7.34. The summed E-state index contributed by atoms with van der Waals surface area (Å²) < 4.78 is 0. The fraction of sp³-hybridized carbons (Fsp3) is 0.364. The maximum atomic E-state index is 11.6. The van der Waals surface area contributed by atoms with E-state index in [1.165, 1.54) is 0 Å². The monoisotopic (exact) mass is 190 g/mol. The van der Waals surface area contributed by atoms with Crippen molar-refractivity contribution in [1.29, 1.82) is 0 Å². The minimum absolute atomic E-state index is 0.223. The topological polar surface area (TPSA) is 46.3 Å². The average molecular weight is 190 g/mol. The lowest BCUT2D eigenvalue weighted by atomic mass is 10.1. The number of likely N-dealkylation sites (tertiary alicyclic amines) is 1. The summed E-state index contributed by atoms with van der Waals surface area (Å²) in [4.78, 5) is 13.5. The van der Waals surface area contributed by atoms with E-state index in [1.807, 2.05) is 29.2 Å². The highest BCUT2D eigenvalue weighted by Crippen LogP contribution is 2.11. The summed E-state index contributed by atoms with van der Waals surface area (Å²) in [5, 5.41) is 0. The molecular formula is C11H14N2O. The first-order chi connectivity index (χ1) is 6.75. The van der Waals surface area contributed by atoms with Crippen LogP contribution in [-0.4, -0.2) is 23.9 Å². The van der Waals surface area contributed by atoms with Crippen molar-refractivity contribution < 1.29 is 4.79 Å². The predicted octanol–water partition coefficient (Wildman–Crippen LogP) is 1.04. The van der Waals surface area contributed by atoms with Crippen molar-refractivity contribution in [3.8, 4) is 0 Å². The Morgan fingerprint density at radius 3 is 2.43 bits per heavy atom. The van der Waals surface area contributed by atoms with Crippen LogP contribution in [0.15, 0.2) is 24.3 Å². The fourth-order valence-electron chi connectivity index (χ4n) is 1.49. The number of carbonyl (C=O) groups is 1. The van der Waals surface area contributed by atoms with Crippen molar-refractivity contribution in [3.05, 3.63) is 29.8 Å². The Kier molecular flexibility index (Phi) is 2.39. The standard InChI is InChI=1S/C11H14N2O/c12-10-4-2-9(3-5-10)8-11(14)13-6-1-7-13/h2-5H,1,6-8,12H2. The highest BCUT2D eigenvalue weighted by atomic mass is 16.2. The molecule has 1 heterocycles.